The number of nitrogens with zero attached hydrogens (tertiary/aromatic N) is 2. The number of hydrogen-bond donors (Lipinski definition) is 2. The molecule has 3 unspecified atom stereocenters. The Morgan fingerprint density at radius 3 is 2.79 bits per heavy atom. The Morgan fingerprint density at radius 1 is 1.42 bits per heavy atom. The maximum absolute atomic E-state index is 12.6. The van der Waals surface area contributed by atoms with E-state index >= 15 is 0 Å². The largest absolute Gasteiger partial charge is 0.390 e. The van der Waals surface area contributed by atoms with Gasteiger partial charge in [-0.15, -0.1) is 0 Å². The zero-order valence-electron chi connectivity index (χ0n) is 14.7. The van der Waals surface area contributed by atoms with Gasteiger partial charge in [-0.05, 0) is 37.0 Å². The molecule has 0 saturated carbocycles. The van der Waals surface area contributed by atoms with E-state index in [1.54, 1.807) is 0 Å². The molecule has 5 heteroatoms. The van der Waals surface area contributed by atoms with E-state index in [0.29, 0.717) is 12.8 Å². The third-order valence-corrected chi connectivity index (χ3v) is 5.12. The molecule has 2 N–H and O–H groups in total. The fraction of sp³-hybridized carbons (Fsp3) is 0.474. The lowest BCUT2D eigenvalue weighted by Crippen LogP contribution is -2.37. The standard InChI is InChI=1S/C19H25N3O2/c1-11(9-16-12(2)21-22(4)13(16)3)19(24)20-18-15-8-6-5-7-14(15)10-17(18)23/h5-8,11,17-18,23H,9-10H2,1-4H3,(H,20,24). The average molecular weight is 327 g/mol. The summed E-state index contributed by atoms with van der Waals surface area (Å²) in [4.78, 5) is 12.6. The Bertz CT molecular complexity index is 766. The van der Waals surface area contributed by atoms with Crippen LogP contribution in [0.5, 0.6) is 0 Å². The number of benzene rings is 1. The topological polar surface area (TPSA) is 67.2 Å². The van der Waals surface area contributed by atoms with Crippen LogP contribution in [0.25, 0.3) is 0 Å². The van der Waals surface area contributed by atoms with Crippen LogP contribution in [0, 0.1) is 19.8 Å². The summed E-state index contributed by atoms with van der Waals surface area (Å²) in [5.41, 5.74) is 5.34. The van der Waals surface area contributed by atoms with Gasteiger partial charge in [0.1, 0.15) is 0 Å². The molecule has 3 rings (SSSR count). The third-order valence-electron chi connectivity index (χ3n) is 5.12. The van der Waals surface area contributed by atoms with Crippen LogP contribution in [-0.2, 0) is 24.7 Å². The summed E-state index contributed by atoms with van der Waals surface area (Å²) in [6.07, 6.45) is 0.693. The van der Waals surface area contributed by atoms with E-state index in [1.165, 1.54) is 0 Å². The van der Waals surface area contributed by atoms with Crippen molar-refractivity contribution < 1.29 is 9.90 Å². The minimum atomic E-state index is -0.555. The smallest absolute Gasteiger partial charge is 0.223 e. The van der Waals surface area contributed by atoms with Crippen molar-refractivity contribution >= 4 is 5.91 Å². The average Bonchev–Trinajstić information content (AvgIpc) is 2.98. The predicted molar refractivity (Wildman–Crippen MR) is 92.6 cm³/mol. The molecule has 0 radical (unpaired) electrons. The Kier molecular flexibility index (Phi) is 4.45. The van der Waals surface area contributed by atoms with E-state index < -0.39 is 6.10 Å². The summed E-state index contributed by atoms with van der Waals surface area (Å²) in [5, 5.41) is 17.7. The second-order valence-corrected chi connectivity index (χ2v) is 6.83. The summed E-state index contributed by atoms with van der Waals surface area (Å²) in [5.74, 6) is -0.204. The predicted octanol–water partition coefficient (Wildman–Crippen LogP) is 1.99. The lowest BCUT2D eigenvalue weighted by molar-refractivity contribution is -0.126. The first kappa shape index (κ1) is 16.7. The number of hydrogen-bond acceptors (Lipinski definition) is 3. The first-order chi connectivity index (χ1) is 11.4. The van der Waals surface area contributed by atoms with Crippen molar-refractivity contribution in [2.45, 2.75) is 45.8 Å². The summed E-state index contributed by atoms with van der Waals surface area (Å²) in [7, 11) is 1.92. The van der Waals surface area contributed by atoms with Gasteiger partial charge in [0.15, 0.2) is 0 Å². The summed E-state index contributed by atoms with van der Waals surface area (Å²) in [6.45, 7) is 5.93. The molecule has 1 aliphatic carbocycles. The minimum absolute atomic E-state index is 0.0293. The summed E-state index contributed by atoms with van der Waals surface area (Å²) in [6, 6.07) is 7.59. The number of fused-ring (bicyclic) bond motifs is 1. The van der Waals surface area contributed by atoms with Crippen LogP contribution in [0.4, 0.5) is 0 Å². The van der Waals surface area contributed by atoms with Gasteiger partial charge in [-0.1, -0.05) is 31.2 Å². The fourth-order valence-electron chi connectivity index (χ4n) is 3.56. The Balaban J connectivity index is 1.71. The van der Waals surface area contributed by atoms with Crippen LogP contribution in [0.1, 0.15) is 41.0 Å². The van der Waals surface area contributed by atoms with Crippen molar-refractivity contribution in [2.24, 2.45) is 13.0 Å². The molecule has 1 aromatic carbocycles. The van der Waals surface area contributed by atoms with Gasteiger partial charge in [0.25, 0.3) is 0 Å². The highest BCUT2D eigenvalue weighted by Gasteiger charge is 2.33. The lowest BCUT2D eigenvalue weighted by atomic mass is 9.98. The Hall–Kier alpha value is -2.14. The molecule has 1 aromatic heterocycles. The van der Waals surface area contributed by atoms with Gasteiger partial charge in [-0.3, -0.25) is 9.48 Å². The number of rotatable bonds is 4. The highest BCUT2D eigenvalue weighted by atomic mass is 16.3. The maximum atomic E-state index is 12.6. The number of carbonyl (C=O) groups is 1. The molecule has 1 amide bonds. The van der Waals surface area contributed by atoms with Gasteiger partial charge in [-0.25, -0.2) is 0 Å². The molecule has 1 heterocycles. The third kappa shape index (κ3) is 2.96. The quantitative estimate of drug-likeness (QED) is 0.902. The SMILES string of the molecule is Cc1nn(C)c(C)c1CC(C)C(=O)NC1c2ccccc2CC1O. The van der Waals surface area contributed by atoms with Gasteiger partial charge in [0.2, 0.25) is 5.91 Å². The first-order valence-electron chi connectivity index (χ1n) is 8.43. The van der Waals surface area contributed by atoms with Gasteiger partial charge in [0, 0.05) is 25.1 Å². The molecule has 0 fully saturated rings. The fourth-order valence-corrected chi connectivity index (χ4v) is 3.56. The number of aryl methyl sites for hydroxylation is 2. The maximum Gasteiger partial charge on any atom is 0.223 e. The zero-order valence-corrected chi connectivity index (χ0v) is 14.7. The normalized spacial score (nSPS) is 20.7. The van der Waals surface area contributed by atoms with Crippen LogP contribution in [0.15, 0.2) is 24.3 Å². The van der Waals surface area contributed by atoms with E-state index in [1.807, 2.05) is 56.8 Å². The number of amides is 1. The van der Waals surface area contributed by atoms with Crippen molar-refractivity contribution in [3.8, 4) is 0 Å². The van der Waals surface area contributed by atoms with E-state index in [0.717, 1.165) is 28.1 Å². The minimum Gasteiger partial charge on any atom is -0.390 e. The highest BCUT2D eigenvalue weighted by molar-refractivity contribution is 5.79. The van der Waals surface area contributed by atoms with E-state index in [-0.39, 0.29) is 17.9 Å². The monoisotopic (exact) mass is 327 g/mol. The van der Waals surface area contributed by atoms with Crippen molar-refractivity contribution in [1.29, 1.82) is 0 Å². The van der Waals surface area contributed by atoms with Crippen molar-refractivity contribution in [2.75, 3.05) is 0 Å². The Morgan fingerprint density at radius 2 is 2.12 bits per heavy atom. The second kappa shape index (κ2) is 6.40. The molecule has 0 saturated heterocycles. The van der Waals surface area contributed by atoms with Crippen LogP contribution >= 0.6 is 0 Å². The highest BCUT2D eigenvalue weighted by Crippen LogP contribution is 2.31. The summed E-state index contributed by atoms with van der Waals surface area (Å²) < 4.78 is 1.85. The molecule has 5 nitrogen and oxygen atoms in total. The molecule has 0 aliphatic heterocycles. The Labute approximate surface area is 142 Å². The first-order valence-corrected chi connectivity index (χ1v) is 8.43. The molecule has 24 heavy (non-hydrogen) atoms. The van der Waals surface area contributed by atoms with Gasteiger partial charge in [0.05, 0.1) is 17.8 Å². The number of aliphatic hydroxyl groups excluding tert-OH is 1. The van der Waals surface area contributed by atoms with Crippen LogP contribution in [0.2, 0.25) is 0 Å². The number of carbonyl (C=O) groups excluding carboxylic acids is 1. The summed E-state index contributed by atoms with van der Waals surface area (Å²) >= 11 is 0. The van der Waals surface area contributed by atoms with Gasteiger partial charge in [-0.2, -0.15) is 5.10 Å². The van der Waals surface area contributed by atoms with Crippen LogP contribution in [-0.4, -0.2) is 26.9 Å². The molecule has 1 aliphatic rings. The van der Waals surface area contributed by atoms with E-state index in [4.69, 9.17) is 0 Å². The van der Waals surface area contributed by atoms with Crippen molar-refractivity contribution in [1.82, 2.24) is 15.1 Å². The van der Waals surface area contributed by atoms with Crippen LogP contribution < -0.4 is 5.32 Å². The number of aromatic nitrogens is 2. The molecular weight excluding hydrogens is 302 g/mol. The molecule has 128 valence electrons. The lowest BCUT2D eigenvalue weighted by Gasteiger charge is -2.21. The van der Waals surface area contributed by atoms with Crippen LogP contribution in [0.3, 0.4) is 0 Å². The van der Waals surface area contributed by atoms with E-state index in [9.17, 15) is 9.90 Å². The number of aliphatic hydroxyl groups is 1. The molecule has 3 atom stereocenters. The van der Waals surface area contributed by atoms with Crippen molar-refractivity contribution in [3.63, 3.8) is 0 Å². The second-order valence-electron chi connectivity index (χ2n) is 6.83. The zero-order chi connectivity index (χ0) is 17.4. The molecule has 2 aromatic rings. The molecular formula is C19H25N3O2. The molecule has 0 spiro atoms. The van der Waals surface area contributed by atoms with Gasteiger partial charge < -0.3 is 10.4 Å². The molecule has 0 bridgehead atoms. The van der Waals surface area contributed by atoms with Gasteiger partial charge >= 0.3 is 0 Å². The number of nitrogens with one attached hydrogen (secondary N) is 1. The van der Waals surface area contributed by atoms with E-state index in [2.05, 4.69) is 10.4 Å². The van der Waals surface area contributed by atoms with Crippen molar-refractivity contribution in [3.05, 3.63) is 52.3 Å².